The monoisotopic (exact) mass is 210 g/mol. The molecule has 1 aliphatic heterocycles. The molecule has 0 aromatic carbocycles. The minimum absolute atomic E-state index is 0.279. The van der Waals surface area contributed by atoms with Crippen molar-refractivity contribution >= 4 is 18.1 Å². The second kappa shape index (κ2) is 5.29. The second-order valence-electron chi connectivity index (χ2n) is 3.26. The highest BCUT2D eigenvalue weighted by atomic mass is 16.5. The molecule has 82 valence electrons. The Morgan fingerprint density at radius 3 is 3.13 bits per heavy atom. The van der Waals surface area contributed by atoms with E-state index in [-0.39, 0.29) is 6.10 Å². The molecule has 5 nitrogen and oxygen atoms in total. The van der Waals surface area contributed by atoms with Crippen LogP contribution in [0, 0.1) is 0 Å². The molecule has 1 aliphatic rings. The normalized spacial score (nSPS) is 16.9. The average Bonchev–Trinajstić information content (AvgIpc) is 2.64. The summed E-state index contributed by atoms with van der Waals surface area (Å²) in [5, 5.41) is 0. The number of esters is 1. The van der Waals surface area contributed by atoms with Gasteiger partial charge >= 0.3 is 5.97 Å². The van der Waals surface area contributed by atoms with E-state index in [2.05, 4.69) is 11.6 Å². The second-order valence-corrected chi connectivity index (χ2v) is 3.26. The summed E-state index contributed by atoms with van der Waals surface area (Å²) in [6, 6.07) is 0. The van der Waals surface area contributed by atoms with Gasteiger partial charge in [-0.1, -0.05) is 6.58 Å². The molecular weight excluding hydrogens is 196 g/mol. The number of amidine groups is 1. The molecule has 1 heterocycles. The summed E-state index contributed by atoms with van der Waals surface area (Å²) in [6.07, 6.45) is 1.56. The zero-order valence-corrected chi connectivity index (χ0v) is 8.68. The third-order valence-corrected chi connectivity index (χ3v) is 2.03. The summed E-state index contributed by atoms with van der Waals surface area (Å²) in [5.41, 5.74) is 0. The van der Waals surface area contributed by atoms with Gasteiger partial charge in [0.05, 0.1) is 13.1 Å². The largest absolute Gasteiger partial charge is 0.458 e. The molecular formula is C10H14N2O3. The van der Waals surface area contributed by atoms with Crippen LogP contribution in [0.5, 0.6) is 0 Å². The maximum absolute atomic E-state index is 10.9. The van der Waals surface area contributed by atoms with E-state index in [9.17, 15) is 9.59 Å². The van der Waals surface area contributed by atoms with Gasteiger partial charge in [-0.05, 0) is 6.92 Å². The highest BCUT2D eigenvalue weighted by Crippen LogP contribution is 2.03. The summed E-state index contributed by atoms with van der Waals surface area (Å²) in [7, 11) is 0. The van der Waals surface area contributed by atoms with E-state index in [4.69, 9.17) is 4.74 Å². The Bertz CT molecular complexity index is 299. The van der Waals surface area contributed by atoms with Crippen molar-refractivity contribution in [3.8, 4) is 0 Å². The lowest BCUT2D eigenvalue weighted by molar-refractivity contribution is -0.142. The summed E-state index contributed by atoms with van der Waals surface area (Å²) >= 11 is 0. The van der Waals surface area contributed by atoms with Crippen molar-refractivity contribution in [3.05, 3.63) is 12.7 Å². The van der Waals surface area contributed by atoms with Gasteiger partial charge in [0.1, 0.15) is 6.10 Å². The van der Waals surface area contributed by atoms with Crippen molar-refractivity contribution in [1.29, 1.82) is 0 Å². The predicted octanol–water partition coefficient (Wildman–Crippen LogP) is 0.0171. The number of nitrogens with zero attached hydrogens (tertiary/aromatic N) is 2. The third-order valence-electron chi connectivity index (χ3n) is 2.03. The standard InChI is InChI=1S/C10H14N2O3/c1-3-10(14)15-8(2)6-12-5-4-11-9(12)7-13/h3,7-8H,1,4-6H2,2H3. The van der Waals surface area contributed by atoms with Gasteiger partial charge in [0, 0.05) is 12.6 Å². The molecule has 1 rings (SSSR count). The van der Waals surface area contributed by atoms with E-state index >= 15 is 0 Å². The number of carbonyl (C=O) groups excluding carboxylic acids is 2. The van der Waals surface area contributed by atoms with Gasteiger partial charge in [-0.2, -0.15) is 0 Å². The molecule has 0 aromatic heterocycles. The Morgan fingerprint density at radius 1 is 1.80 bits per heavy atom. The Hall–Kier alpha value is -1.65. The van der Waals surface area contributed by atoms with Crippen molar-refractivity contribution < 1.29 is 14.3 Å². The summed E-state index contributed by atoms with van der Waals surface area (Å²) in [5.74, 6) is -0.0252. The maximum Gasteiger partial charge on any atom is 0.330 e. The molecule has 0 saturated heterocycles. The van der Waals surface area contributed by atoms with Gasteiger partial charge in [-0.15, -0.1) is 0 Å². The predicted molar refractivity (Wildman–Crippen MR) is 55.7 cm³/mol. The van der Waals surface area contributed by atoms with Crippen molar-refractivity contribution in [3.63, 3.8) is 0 Å². The Morgan fingerprint density at radius 2 is 2.53 bits per heavy atom. The number of aldehydes is 1. The summed E-state index contributed by atoms with van der Waals surface area (Å²) < 4.78 is 4.98. The lowest BCUT2D eigenvalue weighted by Gasteiger charge is -2.21. The van der Waals surface area contributed by atoms with Crippen LogP contribution in [0.25, 0.3) is 0 Å². The number of aliphatic imine (C=N–C) groups is 1. The minimum atomic E-state index is -0.453. The molecule has 1 unspecified atom stereocenters. The van der Waals surface area contributed by atoms with E-state index in [1.165, 1.54) is 0 Å². The smallest absolute Gasteiger partial charge is 0.330 e. The zero-order chi connectivity index (χ0) is 11.3. The first kappa shape index (κ1) is 11.4. The fourth-order valence-corrected chi connectivity index (χ4v) is 1.39. The number of rotatable bonds is 5. The van der Waals surface area contributed by atoms with Crippen molar-refractivity contribution in [2.45, 2.75) is 13.0 Å². The first-order chi connectivity index (χ1) is 7.17. The fourth-order valence-electron chi connectivity index (χ4n) is 1.39. The molecule has 1 atom stereocenters. The van der Waals surface area contributed by atoms with Crippen LogP contribution in [0.15, 0.2) is 17.6 Å². The molecule has 0 saturated carbocycles. The Kier molecular flexibility index (Phi) is 4.03. The van der Waals surface area contributed by atoms with Gasteiger partial charge in [0.15, 0.2) is 12.1 Å². The number of carbonyl (C=O) groups is 2. The average molecular weight is 210 g/mol. The van der Waals surface area contributed by atoms with E-state index in [0.29, 0.717) is 25.5 Å². The Balaban J connectivity index is 2.41. The van der Waals surface area contributed by atoms with Crippen LogP contribution in [0.2, 0.25) is 0 Å². The zero-order valence-electron chi connectivity index (χ0n) is 8.68. The first-order valence-electron chi connectivity index (χ1n) is 4.75. The van der Waals surface area contributed by atoms with E-state index in [1.807, 2.05) is 0 Å². The summed E-state index contributed by atoms with van der Waals surface area (Å²) in [6.45, 7) is 6.88. The van der Waals surface area contributed by atoms with E-state index in [1.54, 1.807) is 11.8 Å². The van der Waals surface area contributed by atoms with Gasteiger partial charge in [0.25, 0.3) is 0 Å². The Labute approximate surface area is 88.4 Å². The molecule has 0 radical (unpaired) electrons. The van der Waals surface area contributed by atoms with Crippen LogP contribution in [-0.4, -0.2) is 48.7 Å². The van der Waals surface area contributed by atoms with Crippen molar-refractivity contribution in [2.75, 3.05) is 19.6 Å². The molecule has 0 amide bonds. The lowest BCUT2D eigenvalue weighted by Crippen LogP contribution is -2.36. The highest BCUT2D eigenvalue weighted by Gasteiger charge is 2.19. The van der Waals surface area contributed by atoms with Crippen LogP contribution in [-0.2, 0) is 14.3 Å². The van der Waals surface area contributed by atoms with Crippen LogP contribution in [0.3, 0.4) is 0 Å². The van der Waals surface area contributed by atoms with Gasteiger partial charge in [0.2, 0.25) is 0 Å². The highest BCUT2D eigenvalue weighted by molar-refractivity contribution is 6.27. The summed E-state index contributed by atoms with van der Waals surface area (Å²) in [4.78, 5) is 27.3. The molecule has 15 heavy (non-hydrogen) atoms. The molecule has 0 fully saturated rings. The van der Waals surface area contributed by atoms with Crippen molar-refractivity contribution in [2.24, 2.45) is 4.99 Å². The fraction of sp³-hybridized carbons (Fsp3) is 0.500. The SMILES string of the molecule is C=CC(=O)OC(C)CN1CCN=C1C=O. The lowest BCUT2D eigenvalue weighted by atomic mass is 10.3. The van der Waals surface area contributed by atoms with Gasteiger partial charge < -0.3 is 9.64 Å². The number of hydrogen-bond acceptors (Lipinski definition) is 5. The van der Waals surface area contributed by atoms with Crippen LogP contribution in [0.1, 0.15) is 6.92 Å². The first-order valence-corrected chi connectivity index (χ1v) is 4.75. The topological polar surface area (TPSA) is 59.0 Å². The molecule has 0 spiro atoms. The maximum atomic E-state index is 10.9. The van der Waals surface area contributed by atoms with Crippen LogP contribution >= 0.6 is 0 Å². The van der Waals surface area contributed by atoms with E-state index < -0.39 is 5.97 Å². The molecule has 0 aromatic rings. The van der Waals surface area contributed by atoms with Gasteiger partial charge in [-0.3, -0.25) is 9.79 Å². The van der Waals surface area contributed by atoms with Gasteiger partial charge in [-0.25, -0.2) is 4.79 Å². The quantitative estimate of drug-likeness (QED) is 0.364. The third kappa shape index (κ3) is 3.19. The number of ether oxygens (including phenoxy) is 1. The molecule has 0 N–H and O–H groups in total. The molecule has 0 bridgehead atoms. The van der Waals surface area contributed by atoms with Crippen LogP contribution in [0.4, 0.5) is 0 Å². The van der Waals surface area contributed by atoms with Crippen molar-refractivity contribution in [1.82, 2.24) is 4.90 Å². The van der Waals surface area contributed by atoms with Crippen LogP contribution < -0.4 is 0 Å². The molecule has 5 heteroatoms. The van der Waals surface area contributed by atoms with E-state index in [0.717, 1.165) is 12.4 Å². The molecule has 0 aliphatic carbocycles. The number of hydrogen-bond donors (Lipinski definition) is 0. The minimum Gasteiger partial charge on any atom is -0.458 e.